The molecule has 1 amide bonds. The Morgan fingerprint density at radius 1 is 1.32 bits per heavy atom. The zero-order chi connectivity index (χ0) is 13.2. The van der Waals surface area contributed by atoms with Crippen LogP contribution in [0.1, 0.15) is 36.9 Å². The minimum absolute atomic E-state index is 0.0363. The highest BCUT2D eigenvalue weighted by molar-refractivity contribution is 5.79. The van der Waals surface area contributed by atoms with E-state index < -0.39 is 0 Å². The van der Waals surface area contributed by atoms with Crippen molar-refractivity contribution < 1.29 is 4.79 Å². The van der Waals surface area contributed by atoms with Crippen molar-refractivity contribution in [2.24, 2.45) is 5.92 Å². The fourth-order valence-electron chi connectivity index (χ4n) is 3.12. The van der Waals surface area contributed by atoms with Crippen LogP contribution in [-0.4, -0.2) is 34.1 Å². The minimum atomic E-state index is -0.176. The average Bonchev–Trinajstić information content (AvgIpc) is 2.46. The molecule has 1 aromatic heterocycles. The predicted molar refractivity (Wildman–Crippen MR) is 70.8 cm³/mol. The first-order valence-corrected chi connectivity index (χ1v) is 7.10. The largest absolute Gasteiger partial charge is 0.342 e. The van der Waals surface area contributed by atoms with Gasteiger partial charge in [0.25, 0.3) is 5.56 Å². The molecule has 1 saturated heterocycles. The third-order valence-electron chi connectivity index (χ3n) is 4.19. The number of likely N-dealkylation sites (tertiary alicyclic amines) is 1. The number of carbonyl (C=O) groups is 1. The summed E-state index contributed by atoms with van der Waals surface area (Å²) < 4.78 is 0. The van der Waals surface area contributed by atoms with Crippen molar-refractivity contribution in [2.75, 3.05) is 13.1 Å². The van der Waals surface area contributed by atoms with Crippen LogP contribution in [0.3, 0.4) is 0 Å². The quantitative estimate of drug-likeness (QED) is 0.816. The normalized spacial score (nSPS) is 22.9. The number of aryl methyl sites for hydroxylation is 1. The zero-order valence-electron chi connectivity index (χ0n) is 11.0. The summed E-state index contributed by atoms with van der Waals surface area (Å²) in [6, 6.07) is 1.60. The molecule has 1 N–H and O–H groups in total. The van der Waals surface area contributed by atoms with Gasteiger partial charge in [-0.25, -0.2) is 5.10 Å². The molecular weight excluding hydrogens is 242 g/mol. The molecule has 0 bridgehead atoms. The van der Waals surface area contributed by atoms with E-state index in [2.05, 4.69) is 10.2 Å². The number of hydrogen-bond donors (Lipinski definition) is 1. The maximum atomic E-state index is 12.5. The predicted octanol–water partition coefficient (Wildman–Crippen LogP) is 0.887. The smallest absolute Gasteiger partial charge is 0.264 e. The van der Waals surface area contributed by atoms with Crippen LogP contribution in [-0.2, 0) is 17.6 Å². The number of nitrogens with zero attached hydrogens (tertiary/aromatic N) is 2. The number of piperidine rings is 1. The van der Waals surface area contributed by atoms with Gasteiger partial charge >= 0.3 is 0 Å². The Morgan fingerprint density at radius 3 is 2.89 bits per heavy atom. The van der Waals surface area contributed by atoms with Crippen molar-refractivity contribution >= 4 is 5.91 Å². The van der Waals surface area contributed by atoms with E-state index in [9.17, 15) is 9.59 Å². The van der Waals surface area contributed by atoms with Gasteiger partial charge in [0.05, 0.1) is 5.69 Å². The fraction of sp³-hybridized carbons (Fsp3) is 0.643. The van der Waals surface area contributed by atoms with Gasteiger partial charge in [0.1, 0.15) is 0 Å². The molecule has 5 heteroatoms. The van der Waals surface area contributed by atoms with E-state index in [0.29, 0.717) is 6.42 Å². The molecular formula is C14H19N3O2. The highest BCUT2D eigenvalue weighted by Crippen LogP contribution is 2.25. The van der Waals surface area contributed by atoms with Crippen LogP contribution in [0.4, 0.5) is 0 Å². The SMILES string of the molecule is O=C([C@@H]1CCc2n[nH]c(=O)cc2C1)N1CCCCC1. The van der Waals surface area contributed by atoms with Crippen molar-refractivity contribution in [3.8, 4) is 0 Å². The molecule has 0 radical (unpaired) electrons. The van der Waals surface area contributed by atoms with Crippen LogP contribution in [0.2, 0.25) is 0 Å². The van der Waals surface area contributed by atoms with Crippen LogP contribution < -0.4 is 5.56 Å². The van der Waals surface area contributed by atoms with E-state index in [1.807, 2.05) is 4.90 Å². The minimum Gasteiger partial charge on any atom is -0.342 e. The highest BCUT2D eigenvalue weighted by Gasteiger charge is 2.29. The molecule has 1 aliphatic heterocycles. The molecule has 1 fully saturated rings. The number of amides is 1. The van der Waals surface area contributed by atoms with E-state index in [-0.39, 0.29) is 17.4 Å². The van der Waals surface area contributed by atoms with Crippen molar-refractivity contribution in [1.82, 2.24) is 15.1 Å². The lowest BCUT2D eigenvalue weighted by Crippen LogP contribution is -2.41. The van der Waals surface area contributed by atoms with Gasteiger partial charge in [0.15, 0.2) is 0 Å². The van der Waals surface area contributed by atoms with Gasteiger partial charge in [-0.1, -0.05) is 0 Å². The van der Waals surface area contributed by atoms with Gasteiger partial charge in [-0.3, -0.25) is 9.59 Å². The summed E-state index contributed by atoms with van der Waals surface area (Å²) in [6.45, 7) is 1.80. The second kappa shape index (κ2) is 5.15. The Kier molecular flexibility index (Phi) is 3.36. The molecule has 1 atom stereocenters. The van der Waals surface area contributed by atoms with Crippen molar-refractivity contribution in [3.63, 3.8) is 0 Å². The Morgan fingerprint density at radius 2 is 2.11 bits per heavy atom. The van der Waals surface area contributed by atoms with Gasteiger partial charge in [0, 0.05) is 25.1 Å². The second-order valence-corrected chi connectivity index (χ2v) is 5.53. The fourth-order valence-corrected chi connectivity index (χ4v) is 3.12. The summed E-state index contributed by atoms with van der Waals surface area (Å²) in [6.07, 6.45) is 5.78. The van der Waals surface area contributed by atoms with Crippen molar-refractivity contribution in [3.05, 3.63) is 27.7 Å². The molecule has 0 unspecified atom stereocenters. The molecule has 19 heavy (non-hydrogen) atoms. The van der Waals surface area contributed by atoms with Crippen LogP contribution >= 0.6 is 0 Å². The van der Waals surface area contributed by atoms with Gasteiger partial charge in [-0.2, -0.15) is 5.10 Å². The van der Waals surface area contributed by atoms with Gasteiger partial charge in [0.2, 0.25) is 5.91 Å². The molecule has 1 aliphatic carbocycles. The van der Waals surface area contributed by atoms with Crippen molar-refractivity contribution in [1.29, 1.82) is 0 Å². The molecule has 102 valence electrons. The lowest BCUT2D eigenvalue weighted by Gasteiger charge is -2.32. The first-order valence-electron chi connectivity index (χ1n) is 7.10. The summed E-state index contributed by atoms with van der Waals surface area (Å²) in [5.74, 6) is 0.305. The summed E-state index contributed by atoms with van der Waals surface area (Å²) in [4.78, 5) is 25.8. The Balaban J connectivity index is 1.74. The molecule has 0 saturated carbocycles. The highest BCUT2D eigenvalue weighted by atomic mass is 16.2. The van der Waals surface area contributed by atoms with E-state index in [0.717, 1.165) is 50.0 Å². The molecule has 5 nitrogen and oxygen atoms in total. The molecule has 0 aromatic carbocycles. The number of rotatable bonds is 1. The molecule has 0 spiro atoms. The summed E-state index contributed by atoms with van der Waals surface area (Å²) in [5, 5.41) is 6.53. The van der Waals surface area contributed by atoms with E-state index in [1.54, 1.807) is 6.07 Å². The zero-order valence-corrected chi connectivity index (χ0v) is 11.0. The topological polar surface area (TPSA) is 66.1 Å². The first-order chi connectivity index (χ1) is 9.24. The maximum Gasteiger partial charge on any atom is 0.264 e. The Hall–Kier alpha value is -1.65. The van der Waals surface area contributed by atoms with Crippen LogP contribution in [0.25, 0.3) is 0 Å². The van der Waals surface area contributed by atoms with Gasteiger partial charge in [-0.15, -0.1) is 0 Å². The standard InChI is InChI=1S/C14H19N3O2/c18-13-9-11-8-10(4-5-12(11)15-16-13)14(19)17-6-2-1-3-7-17/h9-10H,1-8H2,(H,16,18)/t10-/m1/s1. The number of carbonyl (C=O) groups excluding carboxylic acids is 1. The molecule has 2 heterocycles. The molecule has 3 rings (SSSR count). The summed E-state index contributed by atoms with van der Waals surface area (Å²) in [7, 11) is 0. The Bertz CT molecular complexity index is 532. The number of nitrogens with one attached hydrogen (secondary N) is 1. The van der Waals surface area contributed by atoms with Gasteiger partial charge < -0.3 is 4.90 Å². The lowest BCUT2D eigenvalue weighted by atomic mass is 9.85. The number of fused-ring (bicyclic) bond motifs is 1. The van der Waals surface area contributed by atoms with E-state index in [4.69, 9.17) is 0 Å². The first kappa shape index (κ1) is 12.4. The summed E-state index contributed by atoms with van der Waals surface area (Å²) in [5.41, 5.74) is 1.72. The number of H-pyrrole nitrogens is 1. The van der Waals surface area contributed by atoms with Crippen molar-refractivity contribution in [2.45, 2.75) is 38.5 Å². The van der Waals surface area contributed by atoms with Crippen LogP contribution in [0, 0.1) is 5.92 Å². The number of hydrogen-bond acceptors (Lipinski definition) is 3. The van der Waals surface area contributed by atoms with E-state index in [1.165, 1.54) is 6.42 Å². The summed E-state index contributed by atoms with van der Waals surface area (Å²) >= 11 is 0. The molecule has 1 aromatic rings. The van der Waals surface area contributed by atoms with Gasteiger partial charge in [-0.05, 0) is 44.1 Å². The van der Waals surface area contributed by atoms with E-state index >= 15 is 0 Å². The average molecular weight is 261 g/mol. The van der Waals surface area contributed by atoms with Crippen LogP contribution in [0.5, 0.6) is 0 Å². The number of aromatic nitrogens is 2. The Labute approximate surface area is 112 Å². The third-order valence-corrected chi connectivity index (χ3v) is 4.19. The van der Waals surface area contributed by atoms with Crippen LogP contribution in [0.15, 0.2) is 10.9 Å². The lowest BCUT2D eigenvalue weighted by molar-refractivity contribution is -0.136. The molecule has 2 aliphatic rings. The monoisotopic (exact) mass is 261 g/mol. The maximum absolute atomic E-state index is 12.5. The second-order valence-electron chi connectivity index (χ2n) is 5.53. The third kappa shape index (κ3) is 2.55. The number of aromatic amines is 1.